The highest BCUT2D eigenvalue weighted by Gasteiger charge is 2.16. The molecule has 0 N–H and O–H groups in total. The summed E-state index contributed by atoms with van der Waals surface area (Å²) < 4.78 is 0. The fourth-order valence-electron chi connectivity index (χ4n) is 1.06. The first-order valence-electron chi connectivity index (χ1n) is 4.13. The summed E-state index contributed by atoms with van der Waals surface area (Å²) in [5.74, 6) is -0.239. The van der Waals surface area contributed by atoms with Crippen LogP contribution < -0.4 is 0 Å². The van der Waals surface area contributed by atoms with E-state index in [1.807, 2.05) is 30.3 Å². The van der Waals surface area contributed by atoms with Gasteiger partial charge in [0.15, 0.2) is 0 Å². The number of halogens is 1. The third-order valence-electron chi connectivity index (χ3n) is 1.75. The van der Waals surface area contributed by atoms with Gasteiger partial charge in [-0.25, -0.2) is 0 Å². The fourth-order valence-corrected chi connectivity index (χ4v) is 1.55. The van der Waals surface area contributed by atoms with Crippen LogP contribution in [0.15, 0.2) is 30.3 Å². The smallest absolute Gasteiger partial charge is 0.324 e. The molecule has 72 valence electrons. The van der Waals surface area contributed by atoms with E-state index in [1.165, 1.54) is 0 Å². The van der Waals surface area contributed by atoms with Gasteiger partial charge in [0.25, 0.3) is 0 Å². The van der Waals surface area contributed by atoms with Gasteiger partial charge in [-0.3, -0.25) is 4.79 Å². The Balaban J connectivity index is 2.61. The molecular formula is C10H9BrN2O. The van der Waals surface area contributed by atoms with Gasteiger partial charge in [-0.1, -0.05) is 46.3 Å². The molecule has 0 saturated carbocycles. The van der Waals surface area contributed by atoms with Crippen LogP contribution in [0.2, 0.25) is 0 Å². The molecule has 0 spiro atoms. The molecule has 1 unspecified atom stereocenters. The number of rotatable bonds is 4. The van der Waals surface area contributed by atoms with Crippen molar-refractivity contribution >= 4 is 27.9 Å². The largest absolute Gasteiger partial charge is 0.361 e. The van der Waals surface area contributed by atoms with Crippen molar-refractivity contribution in [3.05, 3.63) is 41.4 Å². The lowest BCUT2D eigenvalue weighted by molar-refractivity contribution is -0.115. The minimum Gasteiger partial charge on any atom is -0.361 e. The van der Waals surface area contributed by atoms with Gasteiger partial charge in [0, 0.05) is 0 Å². The summed E-state index contributed by atoms with van der Waals surface area (Å²) in [6.07, 6.45) is 1.49. The second kappa shape index (κ2) is 5.47. The molecule has 0 heterocycles. The predicted molar refractivity (Wildman–Crippen MR) is 57.6 cm³/mol. The number of Topliss-reactive ketones (excluding diaryl/α,β-unsaturated/α-hetero) is 1. The van der Waals surface area contributed by atoms with E-state index in [4.69, 9.17) is 5.53 Å². The van der Waals surface area contributed by atoms with Gasteiger partial charge in [0.2, 0.25) is 5.78 Å². The van der Waals surface area contributed by atoms with Crippen LogP contribution in [-0.2, 0) is 11.2 Å². The van der Waals surface area contributed by atoms with E-state index in [-0.39, 0.29) is 10.6 Å². The molecule has 1 aromatic carbocycles. The average molecular weight is 253 g/mol. The van der Waals surface area contributed by atoms with Crippen molar-refractivity contribution in [2.75, 3.05) is 0 Å². The van der Waals surface area contributed by atoms with E-state index in [0.29, 0.717) is 6.42 Å². The van der Waals surface area contributed by atoms with Crippen LogP contribution in [0.4, 0.5) is 0 Å². The molecule has 0 aliphatic carbocycles. The van der Waals surface area contributed by atoms with Gasteiger partial charge in [0.1, 0.15) is 0 Å². The Hall–Kier alpha value is -1.25. The maximum atomic E-state index is 11.2. The Bertz CT molecular complexity index is 358. The number of carbonyl (C=O) groups is 1. The SMILES string of the molecule is [N-]=[N+]=CC(=O)C(Br)Cc1ccccc1. The molecule has 0 aliphatic heterocycles. The molecule has 3 nitrogen and oxygen atoms in total. The number of ketones is 1. The van der Waals surface area contributed by atoms with Crippen LogP contribution in [0.25, 0.3) is 5.53 Å². The van der Waals surface area contributed by atoms with Gasteiger partial charge in [-0.2, -0.15) is 4.79 Å². The Morgan fingerprint density at radius 3 is 2.71 bits per heavy atom. The van der Waals surface area contributed by atoms with Crippen molar-refractivity contribution in [2.24, 2.45) is 0 Å². The van der Waals surface area contributed by atoms with Crippen LogP contribution in [-0.4, -0.2) is 21.6 Å². The van der Waals surface area contributed by atoms with Gasteiger partial charge in [-0.05, 0) is 12.0 Å². The molecule has 0 bridgehead atoms. The summed E-state index contributed by atoms with van der Waals surface area (Å²) >= 11 is 3.23. The minimum atomic E-state index is -0.333. The lowest BCUT2D eigenvalue weighted by atomic mass is 10.1. The van der Waals surface area contributed by atoms with Gasteiger partial charge >= 0.3 is 6.21 Å². The first kappa shape index (κ1) is 10.8. The van der Waals surface area contributed by atoms with E-state index in [9.17, 15) is 4.79 Å². The first-order valence-corrected chi connectivity index (χ1v) is 5.05. The normalized spacial score (nSPS) is 11.5. The van der Waals surface area contributed by atoms with Crippen LogP contribution in [0, 0.1) is 0 Å². The molecule has 1 rings (SSSR count). The van der Waals surface area contributed by atoms with Crippen molar-refractivity contribution < 1.29 is 9.58 Å². The van der Waals surface area contributed by atoms with Crippen molar-refractivity contribution in [3.8, 4) is 0 Å². The standard InChI is InChI=1S/C10H9BrN2O/c11-9(10(14)7-13-12)6-8-4-2-1-3-5-8/h1-5,7,9H,6H2. The highest BCUT2D eigenvalue weighted by molar-refractivity contribution is 9.10. The zero-order valence-electron chi connectivity index (χ0n) is 7.43. The van der Waals surface area contributed by atoms with Crippen molar-refractivity contribution in [2.45, 2.75) is 11.2 Å². The van der Waals surface area contributed by atoms with E-state index in [0.717, 1.165) is 11.8 Å². The number of benzene rings is 1. The number of hydrogen-bond acceptors (Lipinski definition) is 1. The monoisotopic (exact) mass is 252 g/mol. The zero-order valence-corrected chi connectivity index (χ0v) is 9.02. The molecule has 14 heavy (non-hydrogen) atoms. The Labute approximate surface area is 90.5 Å². The summed E-state index contributed by atoms with van der Waals surface area (Å²) in [7, 11) is 0. The van der Waals surface area contributed by atoms with Crippen LogP contribution >= 0.6 is 15.9 Å². The second-order valence-electron chi connectivity index (χ2n) is 2.80. The minimum absolute atomic E-state index is 0.239. The molecule has 1 atom stereocenters. The summed E-state index contributed by atoms with van der Waals surface area (Å²) in [4.78, 5) is 13.6. The molecule has 4 heteroatoms. The van der Waals surface area contributed by atoms with Gasteiger partial charge < -0.3 is 5.53 Å². The Morgan fingerprint density at radius 2 is 2.14 bits per heavy atom. The molecule has 0 radical (unpaired) electrons. The quantitative estimate of drug-likeness (QED) is 0.349. The Kier molecular flexibility index (Phi) is 4.23. The van der Waals surface area contributed by atoms with Crippen molar-refractivity contribution in [1.82, 2.24) is 0 Å². The highest BCUT2D eigenvalue weighted by Crippen LogP contribution is 2.09. The topological polar surface area (TPSA) is 53.5 Å². The molecule has 0 fully saturated rings. The lowest BCUT2D eigenvalue weighted by Gasteiger charge is -2.02. The molecule has 0 aliphatic rings. The molecule has 0 saturated heterocycles. The lowest BCUT2D eigenvalue weighted by Crippen LogP contribution is -2.17. The molecular weight excluding hydrogens is 244 g/mol. The van der Waals surface area contributed by atoms with Crippen LogP contribution in [0.5, 0.6) is 0 Å². The summed E-state index contributed by atoms with van der Waals surface area (Å²) in [5, 5.41) is 0. The fraction of sp³-hybridized carbons (Fsp3) is 0.200. The summed E-state index contributed by atoms with van der Waals surface area (Å²) in [5.41, 5.74) is 9.24. The summed E-state index contributed by atoms with van der Waals surface area (Å²) in [6.45, 7) is 0. The third-order valence-corrected chi connectivity index (χ3v) is 2.53. The van der Waals surface area contributed by atoms with Gasteiger partial charge in [-0.15, -0.1) is 0 Å². The highest BCUT2D eigenvalue weighted by atomic mass is 79.9. The molecule has 0 aromatic heterocycles. The van der Waals surface area contributed by atoms with Crippen LogP contribution in [0.3, 0.4) is 0 Å². The van der Waals surface area contributed by atoms with E-state index in [1.54, 1.807) is 0 Å². The summed E-state index contributed by atoms with van der Waals surface area (Å²) in [6, 6.07) is 9.64. The first-order chi connectivity index (χ1) is 6.74. The predicted octanol–water partition coefficient (Wildman–Crippen LogP) is 1.86. The number of hydrogen-bond donors (Lipinski definition) is 0. The second-order valence-corrected chi connectivity index (χ2v) is 3.91. The van der Waals surface area contributed by atoms with E-state index >= 15 is 0 Å². The average Bonchev–Trinajstić information content (AvgIpc) is 2.19. The Morgan fingerprint density at radius 1 is 1.50 bits per heavy atom. The van der Waals surface area contributed by atoms with E-state index in [2.05, 4.69) is 20.7 Å². The molecule has 0 amide bonds. The molecule has 1 aromatic rings. The van der Waals surface area contributed by atoms with Crippen LogP contribution in [0.1, 0.15) is 5.56 Å². The van der Waals surface area contributed by atoms with Crippen molar-refractivity contribution in [3.63, 3.8) is 0 Å². The third kappa shape index (κ3) is 3.24. The van der Waals surface area contributed by atoms with Crippen molar-refractivity contribution in [1.29, 1.82) is 0 Å². The number of nitrogens with zero attached hydrogens (tertiary/aromatic N) is 2. The maximum absolute atomic E-state index is 11.2. The number of carbonyl (C=O) groups excluding carboxylic acids is 1. The maximum Gasteiger partial charge on any atom is 0.324 e. The zero-order chi connectivity index (χ0) is 10.4. The van der Waals surface area contributed by atoms with E-state index < -0.39 is 0 Å². The number of alkyl halides is 1. The van der Waals surface area contributed by atoms with Gasteiger partial charge in [0.05, 0.1) is 4.83 Å².